The van der Waals surface area contributed by atoms with Gasteiger partial charge in [-0.2, -0.15) is 4.98 Å². The highest BCUT2D eigenvalue weighted by atomic mass is 35.5. The molecule has 2 aromatic rings. The smallest absolute Gasteiger partial charge is 0.227 e. The minimum atomic E-state index is 0.447. The Labute approximate surface area is 146 Å². The number of piperidine rings is 1. The summed E-state index contributed by atoms with van der Waals surface area (Å²) in [5.41, 5.74) is 6.95. The topological polar surface area (TPSA) is 77.4 Å². The van der Waals surface area contributed by atoms with Crippen molar-refractivity contribution in [1.29, 1.82) is 0 Å². The molecule has 1 saturated heterocycles. The van der Waals surface area contributed by atoms with Gasteiger partial charge in [0.05, 0.1) is 23.4 Å². The second-order valence-corrected chi connectivity index (χ2v) is 6.50. The van der Waals surface area contributed by atoms with Gasteiger partial charge in [-0.3, -0.25) is 0 Å². The number of hydrogen-bond acceptors (Lipinski definition) is 6. The molecule has 1 aliphatic heterocycles. The third kappa shape index (κ3) is 3.99. The number of methoxy groups -OCH3 is 1. The van der Waals surface area contributed by atoms with Crippen LogP contribution in [-0.4, -0.2) is 41.8 Å². The minimum absolute atomic E-state index is 0.447. The maximum atomic E-state index is 6.10. The highest BCUT2D eigenvalue weighted by Gasteiger charge is 2.16. The average Bonchev–Trinajstić information content (AvgIpc) is 3.06. The number of aryl methyl sites for hydroxylation is 1. The molecule has 0 unspecified atom stereocenters. The van der Waals surface area contributed by atoms with Gasteiger partial charge in [-0.15, -0.1) is 0 Å². The third-order valence-electron chi connectivity index (χ3n) is 4.34. The maximum absolute atomic E-state index is 6.10. The van der Waals surface area contributed by atoms with E-state index in [0.717, 1.165) is 19.4 Å². The molecule has 7 heteroatoms. The zero-order chi connectivity index (χ0) is 16.9. The van der Waals surface area contributed by atoms with Crippen molar-refractivity contribution in [2.24, 2.45) is 0 Å². The van der Waals surface area contributed by atoms with E-state index in [-0.39, 0.29) is 0 Å². The molecule has 24 heavy (non-hydrogen) atoms. The van der Waals surface area contributed by atoms with Gasteiger partial charge in [0.1, 0.15) is 5.75 Å². The molecular formula is C17H23ClN4O2. The van der Waals surface area contributed by atoms with Gasteiger partial charge in [-0.1, -0.05) is 23.2 Å². The first-order chi connectivity index (χ1) is 11.7. The summed E-state index contributed by atoms with van der Waals surface area (Å²) in [6.45, 7) is 3.49. The van der Waals surface area contributed by atoms with E-state index in [1.165, 1.54) is 32.4 Å². The lowest BCUT2D eigenvalue weighted by molar-refractivity contribution is 0.223. The number of nitrogens with zero attached hydrogens (tertiary/aromatic N) is 3. The van der Waals surface area contributed by atoms with E-state index >= 15 is 0 Å². The molecule has 130 valence electrons. The first-order valence-electron chi connectivity index (χ1n) is 8.35. The highest BCUT2D eigenvalue weighted by Crippen LogP contribution is 2.34. The molecule has 1 aromatic carbocycles. The number of ether oxygens (including phenoxy) is 1. The molecular weight excluding hydrogens is 328 g/mol. The number of anilines is 1. The van der Waals surface area contributed by atoms with E-state index in [1.807, 2.05) is 0 Å². The molecule has 3 rings (SSSR count). The number of benzene rings is 1. The Morgan fingerprint density at radius 3 is 2.83 bits per heavy atom. The van der Waals surface area contributed by atoms with Crippen molar-refractivity contribution in [2.45, 2.75) is 32.1 Å². The molecule has 0 spiro atoms. The van der Waals surface area contributed by atoms with Crippen LogP contribution in [0.25, 0.3) is 11.4 Å². The lowest BCUT2D eigenvalue weighted by Crippen LogP contribution is -2.30. The van der Waals surface area contributed by atoms with Crippen LogP contribution in [0.2, 0.25) is 5.02 Å². The quantitative estimate of drug-likeness (QED) is 0.804. The predicted molar refractivity (Wildman–Crippen MR) is 94.3 cm³/mol. The predicted octanol–water partition coefficient (Wildman–Crippen LogP) is 3.40. The van der Waals surface area contributed by atoms with E-state index in [0.29, 0.717) is 33.7 Å². The van der Waals surface area contributed by atoms with E-state index < -0.39 is 0 Å². The van der Waals surface area contributed by atoms with Crippen LogP contribution in [0, 0.1) is 0 Å². The molecule has 0 aliphatic carbocycles. The Morgan fingerprint density at radius 1 is 1.29 bits per heavy atom. The van der Waals surface area contributed by atoms with Crippen LogP contribution < -0.4 is 10.5 Å². The van der Waals surface area contributed by atoms with E-state index in [4.69, 9.17) is 26.6 Å². The van der Waals surface area contributed by atoms with Crippen molar-refractivity contribution < 1.29 is 9.26 Å². The number of hydrogen-bond donors (Lipinski definition) is 1. The molecule has 1 fully saturated rings. The molecule has 1 aromatic heterocycles. The molecule has 6 nitrogen and oxygen atoms in total. The zero-order valence-corrected chi connectivity index (χ0v) is 14.7. The van der Waals surface area contributed by atoms with Gasteiger partial charge in [-0.25, -0.2) is 0 Å². The van der Waals surface area contributed by atoms with Crippen molar-refractivity contribution in [1.82, 2.24) is 15.0 Å². The van der Waals surface area contributed by atoms with Gasteiger partial charge in [0.15, 0.2) is 0 Å². The molecule has 0 radical (unpaired) electrons. The Hall–Kier alpha value is -1.79. The number of nitrogens with two attached hydrogens (primary N) is 1. The van der Waals surface area contributed by atoms with Gasteiger partial charge in [0.2, 0.25) is 11.7 Å². The van der Waals surface area contributed by atoms with Crippen LogP contribution in [0.3, 0.4) is 0 Å². The van der Waals surface area contributed by atoms with E-state index in [9.17, 15) is 0 Å². The first kappa shape index (κ1) is 17.0. The Balaban J connectivity index is 1.64. The summed E-state index contributed by atoms with van der Waals surface area (Å²) in [5.74, 6) is 1.69. The second-order valence-electron chi connectivity index (χ2n) is 6.09. The lowest BCUT2D eigenvalue weighted by Gasteiger charge is -2.25. The second kappa shape index (κ2) is 7.85. The van der Waals surface area contributed by atoms with Crippen molar-refractivity contribution >= 4 is 17.3 Å². The average molecular weight is 351 g/mol. The molecule has 0 atom stereocenters. The Kier molecular flexibility index (Phi) is 5.58. The van der Waals surface area contributed by atoms with Crippen LogP contribution in [-0.2, 0) is 6.42 Å². The van der Waals surface area contributed by atoms with Crippen molar-refractivity contribution in [2.75, 3.05) is 32.5 Å². The largest absolute Gasteiger partial charge is 0.496 e. The van der Waals surface area contributed by atoms with Crippen LogP contribution >= 0.6 is 11.6 Å². The highest BCUT2D eigenvalue weighted by molar-refractivity contribution is 6.33. The molecule has 2 heterocycles. The zero-order valence-electron chi connectivity index (χ0n) is 13.9. The number of halogens is 1. The maximum Gasteiger partial charge on any atom is 0.227 e. The van der Waals surface area contributed by atoms with E-state index in [1.54, 1.807) is 19.2 Å². The summed E-state index contributed by atoms with van der Waals surface area (Å²) in [6.07, 6.45) is 5.76. The summed E-state index contributed by atoms with van der Waals surface area (Å²) >= 11 is 6.10. The van der Waals surface area contributed by atoms with Gasteiger partial charge in [-0.05, 0) is 45.0 Å². The SMILES string of the molecule is COc1cc(N)c(Cl)cc1-c1noc(CCCN2CCCCC2)n1. The molecule has 2 N–H and O–H groups in total. The van der Waals surface area contributed by atoms with E-state index in [2.05, 4.69) is 15.0 Å². The van der Waals surface area contributed by atoms with Crippen molar-refractivity contribution in [3.05, 3.63) is 23.0 Å². The third-order valence-corrected chi connectivity index (χ3v) is 4.67. The van der Waals surface area contributed by atoms with Crippen molar-refractivity contribution in [3.63, 3.8) is 0 Å². The lowest BCUT2D eigenvalue weighted by atomic mass is 10.1. The fraction of sp³-hybridized carbons (Fsp3) is 0.529. The number of rotatable bonds is 6. The molecule has 0 bridgehead atoms. The normalized spacial score (nSPS) is 15.6. The van der Waals surface area contributed by atoms with Gasteiger partial charge in [0, 0.05) is 12.5 Å². The standard InChI is InChI=1S/C17H23ClN4O2/c1-23-15-11-14(19)13(18)10-12(15)17-20-16(24-21-17)6-5-9-22-7-3-2-4-8-22/h10-11H,2-9,19H2,1H3. The van der Waals surface area contributed by atoms with Gasteiger partial charge < -0.3 is 19.9 Å². The fourth-order valence-electron chi connectivity index (χ4n) is 3.02. The molecule has 0 amide bonds. The minimum Gasteiger partial charge on any atom is -0.496 e. The molecule has 0 saturated carbocycles. The Morgan fingerprint density at radius 2 is 2.08 bits per heavy atom. The summed E-state index contributed by atoms with van der Waals surface area (Å²) in [4.78, 5) is 6.97. The summed E-state index contributed by atoms with van der Waals surface area (Å²) in [7, 11) is 1.58. The van der Waals surface area contributed by atoms with Crippen LogP contribution in [0.5, 0.6) is 5.75 Å². The van der Waals surface area contributed by atoms with Gasteiger partial charge >= 0.3 is 0 Å². The fourth-order valence-corrected chi connectivity index (χ4v) is 3.18. The van der Waals surface area contributed by atoms with Crippen molar-refractivity contribution in [3.8, 4) is 17.1 Å². The number of nitrogen functional groups attached to an aromatic ring is 1. The van der Waals surface area contributed by atoms with Gasteiger partial charge in [0.25, 0.3) is 0 Å². The number of likely N-dealkylation sites (tertiary alicyclic amines) is 1. The monoisotopic (exact) mass is 350 g/mol. The van der Waals surface area contributed by atoms with Crippen LogP contribution in [0.15, 0.2) is 16.7 Å². The van der Waals surface area contributed by atoms with Crippen LogP contribution in [0.4, 0.5) is 5.69 Å². The first-order valence-corrected chi connectivity index (χ1v) is 8.73. The summed E-state index contributed by atoms with van der Waals surface area (Å²) in [5, 5.41) is 4.50. The Bertz CT molecular complexity index is 683. The van der Waals surface area contributed by atoms with Crippen LogP contribution in [0.1, 0.15) is 31.6 Å². The molecule has 1 aliphatic rings. The number of aromatic nitrogens is 2. The summed E-state index contributed by atoms with van der Waals surface area (Å²) < 4.78 is 10.7. The summed E-state index contributed by atoms with van der Waals surface area (Å²) in [6, 6.07) is 3.38.